The van der Waals surface area contributed by atoms with Crippen LogP contribution in [-0.2, 0) is 19.2 Å². The van der Waals surface area contributed by atoms with Crippen LogP contribution in [0.15, 0.2) is 29.4 Å². The summed E-state index contributed by atoms with van der Waals surface area (Å²) >= 11 is 0. The molecule has 0 spiro atoms. The van der Waals surface area contributed by atoms with Crippen molar-refractivity contribution in [1.29, 1.82) is 0 Å². The Hall–Kier alpha value is -2.90. The summed E-state index contributed by atoms with van der Waals surface area (Å²) < 4.78 is 0. The summed E-state index contributed by atoms with van der Waals surface area (Å²) in [5, 5.41) is 3.46. The van der Waals surface area contributed by atoms with Crippen LogP contribution in [0.3, 0.4) is 0 Å². The van der Waals surface area contributed by atoms with E-state index in [0.717, 1.165) is 17.7 Å². The van der Waals surface area contributed by atoms with Gasteiger partial charge < -0.3 is 15.6 Å². The van der Waals surface area contributed by atoms with E-state index in [0.29, 0.717) is 19.4 Å². The molecule has 0 unspecified atom stereocenters. The number of rotatable bonds is 6. The molecule has 8 nitrogen and oxygen atoms in total. The molecule has 1 atom stereocenters. The predicted molar refractivity (Wildman–Crippen MR) is 97.1 cm³/mol. The van der Waals surface area contributed by atoms with E-state index in [4.69, 9.17) is 5.84 Å². The molecule has 0 radical (unpaired) electrons. The van der Waals surface area contributed by atoms with Crippen molar-refractivity contribution in [3.05, 3.63) is 29.8 Å². The van der Waals surface area contributed by atoms with Crippen LogP contribution < -0.4 is 16.2 Å². The van der Waals surface area contributed by atoms with E-state index in [1.54, 1.807) is 4.90 Å². The minimum atomic E-state index is -0.487. The zero-order valence-corrected chi connectivity index (χ0v) is 14.8. The second-order valence-corrected chi connectivity index (χ2v) is 6.15. The summed E-state index contributed by atoms with van der Waals surface area (Å²) in [4.78, 5) is 42.3. The van der Waals surface area contributed by atoms with E-state index in [1.807, 2.05) is 31.2 Å². The summed E-state index contributed by atoms with van der Waals surface area (Å²) in [5.74, 6) is 3.63. The molecular formula is C18H24N4O4. The first-order chi connectivity index (χ1) is 12.5. The van der Waals surface area contributed by atoms with E-state index in [1.165, 1.54) is 6.21 Å². The quantitative estimate of drug-likeness (QED) is 0.453. The lowest BCUT2D eigenvalue weighted by Crippen LogP contribution is -2.43. The molecule has 0 saturated carbocycles. The first kappa shape index (κ1) is 19.4. The zero-order chi connectivity index (χ0) is 18.9. The maximum atomic E-state index is 12.7. The summed E-state index contributed by atoms with van der Waals surface area (Å²) in [6.07, 6.45) is 3.82. The number of benzene rings is 1. The van der Waals surface area contributed by atoms with E-state index in [9.17, 15) is 14.4 Å². The smallest absolute Gasteiger partial charge is 0.332 e. The zero-order valence-electron chi connectivity index (χ0n) is 14.8. The van der Waals surface area contributed by atoms with Crippen LogP contribution in [0.1, 0.15) is 44.6 Å². The van der Waals surface area contributed by atoms with Gasteiger partial charge in [-0.1, -0.05) is 19.1 Å². The molecular weight excluding hydrogens is 336 g/mol. The molecule has 0 aromatic heterocycles. The Bertz CT molecular complexity index is 672. The van der Waals surface area contributed by atoms with Crippen LogP contribution >= 0.6 is 0 Å². The van der Waals surface area contributed by atoms with E-state index < -0.39 is 17.8 Å². The molecule has 26 heavy (non-hydrogen) atoms. The van der Waals surface area contributed by atoms with E-state index in [2.05, 4.69) is 15.4 Å². The molecule has 3 N–H and O–H groups in total. The van der Waals surface area contributed by atoms with Gasteiger partial charge in [-0.15, -0.1) is 0 Å². The minimum absolute atomic E-state index is 0.00729. The van der Waals surface area contributed by atoms with Crippen LogP contribution in [0.5, 0.6) is 0 Å². The number of nitrogens with zero attached hydrogens (tertiary/aromatic N) is 2. The number of hydroxylamine groups is 1. The second kappa shape index (κ2) is 9.55. The van der Waals surface area contributed by atoms with Crippen molar-refractivity contribution in [3.8, 4) is 0 Å². The standard InChI is InChI=1S/C18H24N4O4/c1-2-4-17(24)26-21-16(23)11-14-5-3-10-22(18(14)25)15-8-6-13(7-9-15)12-20-19/h6-9,12,14H,2-5,10-11,19H2,1H3,(H,21,23)/t14-/m0/s1. The van der Waals surface area contributed by atoms with Gasteiger partial charge >= 0.3 is 5.97 Å². The van der Waals surface area contributed by atoms with Gasteiger partial charge in [0.2, 0.25) is 5.91 Å². The number of nitrogens with one attached hydrogen (secondary N) is 1. The van der Waals surface area contributed by atoms with Gasteiger partial charge in [0.1, 0.15) is 0 Å². The van der Waals surface area contributed by atoms with Gasteiger partial charge in [0.15, 0.2) is 0 Å². The fourth-order valence-electron chi connectivity index (χ4n) is 2.86. The number of hydrogen-bond acceptors (Lipinski definition) is 6. The average Bonchev–Trinajstić information content (AvgIpc) is 2.63. The maximum absolute atomic E-state index is 12.7. The van der Waals surface area contributed by atoms with Crippen LogP contribution in [0.25, 0.3) is 0 Å². The summed E-state index contributed by atoms with van der Waals surface area (Å²) in [5.41, 5.74) is 3.73. The first-order valence-corrected chi connectivity index (χ1v) is 8.68. The molecule has 1 aliphatic heterocycles. The molecule has 1 saturated heterocycles. The van der Waals surface area contributed by atoms with Crippen molar-refractivity contribution in [3.63, 3.8) is 0 Å². The lowest BCUT2D eigenvalue weighted by atomic mass is 9.93. The number of carbonyl (C=O) groups is 3. The van der Waals surface area contributed by atoms with Gasteiger partial charge in [0.25, 0.3) is 5.91 Å². The van der Waals surface area contributed by atoms with Crippen molar-refractivity contribution in [2.45, 2.75) is 39.0 Å². The molecule has 1 aromatic rings. The molecule has 0 bridgehead atoms. The normalized spacial score (nSPS) is 17.3. The number of hydrazone groups is 1. The molecule has 140 valence electrons. The van der Waals surface area contributed by atoms with Crippen molar-refractivity contribution >= 4 is 29.7 Å². The number of carbonyl (C=O) groups excluding carboxylic acids is 3. The van der Waals surface area contributed by atoms with Crippen LogP contribution in [0, 0.1) is 5.92 Å². The molecule has 1 aromatic carbocycles. The highest BCUT2D eigenvalue weighted by Gasteiger charge is 2.31. The third-order valence-corrected chi connectivity index (χ3v) is 4.14. The summed E-state index contributed by atoms with van der Waals surface area (Å²) in [6, 6.07) is 7.29. The number of piperidine rings is 1. The Morgan fingerprint density at radius 2 is 2.12 bits per heavy atom. The number of nitrogens with two attached hydrogens (primary N) is 1. The largest absolute Gasteiger partial charge is 0.341 e. The average molecular weight is 360 g/mol. The van der Waals surface area contributed by atoms with Gasteiger partial charge in [-0.2, -0.15) is 10.6 Å². The molecule has 1 heterocycles. The summed E-state index contributed by atoms with van der Waals surface area (Å²) in [7, 11) is 0. The number of anilines is 1. The molecule has 8 heteroatoms. The highest BCUT2D eigenvalue weighted by atomic mass is 16.7. The van der Waals surface area contributed by atoms with Gasteiger partial charge in [0, 0.05) is 31.0 Å². The highest BCUT2D eigenvalue weighted by Crippen LogP contribution is 2.26. The van der Waals surface area contributed by atoms with Gasteiger partial charge in [0.05, 0.1) is 6.21 Å². The summed E-state index contributed by atoms with van der Waals surface area (Å²) in [6.45, 7) is 2.44. The number of hydrogen-bond donors (Lipinski definition) is 2. The third-order valence-electron chi connectivity index (χ3n) is 4.14. The highest BCUT2D eigenvalue weighted by molar-refractivity contribution is 5.98. The molecule has 1 aliphatic rings. The predicted octanol–water partition coefficient (Wildman–Crippen LogP) is 1.49. The minimum Gasteiger partial charge on any atom is -0.341 e. The Morgan fingerprint density at radius 3 is 2.77 bits per heavy atom. The van der Waals surface area contributed by atoms with Crippen molar-refractivity contribution in [1.82, 2.24) is 5.48 Å². The molecule has 1 fully saturated rings. The van der Waals surface area contributed by atoms with Crippen molar-refractivity contribution in [2.24, 2.45) is 16.9 Å². The fraction of sp³-hybridized carbons (Fsp3) is 0.444. The second-order valence-electron chi connectivity index (χ2n) is 6.15. The Kier molecular flexibility index (Phi) is 7.13. The van der Waals surface area contributed by atoms with Crippen molar-refractivity contribution in [2.75, 3.05) is 11.4 Å². The van der Waals surface area contributed by atoms with Crippen LogP contribution in [0.2, 0.25) is 0 Å². The molecule has 2 amide bonds. The number of amides is 2. The Morgan fingerprint density at radius 1 is 1.38 bits per heavy atom. The lowest BCUT2D eigenvalue weighted by Gasteiger charge is -2.32. The monoisotopic (exact) mass is 360 g/mol. The van der Waals surface area contributed by atoms with E-state index >= 15 is 0 Å². The fourth-order valence-corrected chi connectivity index (χ4v) is 2.86. The lowest BCUT2D eigenvalue weighted by molar-refractivity contribution is -0.158. The topological polar surface area (TPSA) is 114 Å². The van der Waals surface area contributed by atoms with Gasteiger partial charge in [-0.3, -0.25) is 9.59 Å². The SMILES string of the molecule is CCCC(=O)ONC(=O)C[C@@H]1CCCN(c2ccc(C=NN)cc2)C1=O. The first-order valence-electron chi connectivity index (χ1n) is 8.68. The maximum Gasteiger partial charge on any atom is 0.332 e. The van der Waals surface area contributed by atoms with Gasteiger partial charge in [-0.25, -0.2) is 4.79 Å². The Balaban J connectivity index is 1.94. The van der Waals surface area contributed by atoms with Crippen molar-refractivity contribution < 1.29 is 19.2 Å². The van der Waals surface area contributed by atoms with Crippen LogP contribution in [0.4, 0.5) is 5.69 Å². The Labute approximate surface area is 152 Å². The molecule has 2 rings (SSSR count). The third kappa shape index (κ3) is 5.30. The van der Waals surface area contributed by atoms with Crippen LogP contribution in [-0.4, -0.2) is 30.5 Å². The van der Waals surface area contributed by atoms with Gasteiger partial charge in [-0.05, 0) is 37.0 Å². The van der Waals surface area contributed by atoms with E-state index in [-0.39, 0.29) is 18.7 Å². The molecule has 0 aliphatic carbocycles.